The molecule has 1 aromatic rings. The van der Waals surface area contributed by atoms with Crippen molar-refractivity contribution in [3.63, 3.8) is 0 Å². The zero-order valence-electron chi connectivity index (χ0n) is 15.1. The van der Waals surface area contributed by atoms with Gasteiger partial charge in [-0.25, -0.2) is 8.42 Å². The first-order valence-electron chi connectivity index (χ1n) is 7.57. The smallest absolute Gasteiger partial charge is 0.161 e. The Labute approximate surface area is 115 Å². The van der Waals surface area contributed by atoms with Gasteiger partial charge in [0.25, 0.3) is 0 Å². The predicted octanol–water partition coefficient (Wildman–Crippen LogP) is 1.14. The van der Waals surface area contributed by atoms with Crippen molar-refractivity contribution in [2.45, 2.75) is 12.9 Å². The third-order valence-electron chi connectivity index (χ3n) is 2.26. The van der Waals surface area contributed by atoms with Crippen LogP contribution < -0.4 is 15.2 Å². The summed E-state index contributed by atoms with van der Waals surface area (Å²) in [6, 6.07) is 3.32. The highest BCUT2D eigenvalue weighted by atomic mass is 32.2. The molecule has 0 saturated heterocycles. The lowest BCUT2D eigenvalue weighted by Gasteiger charge is -2.15. The summed E-state index contributed by atoms with van der Waals surface area (Å²) in [7, 11) is -2.01. The number of methoxy groups -OCH3 is 1. The van der Waals surface area contributed by atoms with Crippen LogP contribution in [0.2, 0.25) is 0 Å². The van der Waals surface area contributed by atoms with E-state index in [-0.39, 0.29) is 17.3 Å². The third kappa shape index (κ3) is 4.19. The first kappa shape index (κ1) is 8.77. The van der Waals surface area contributed by atoms with E-state index in [1.54, 1.807) is 0 Å². The fourth-order valence-electron chi connectivity index (χ4n) is 1.48. The van der Waals surface area contributed by atoms with Crippen molar-refractivity contribution in [2.24, 2.45) is 5.73 Å². The molecule has 2 N–H and O–H groups in total. The lowest BCUT2D eigenvalue weighted by molar-refractivity contribution is 0.310. The molecule has 1 rings (SSSR count). The molecule has 0 heterocycles. The number of hydrogen-bond donors (Lipinski definition) is 1. The molecule has 18 heavy (non-hydrogen) atoms. The molecule has 102 valence electrons. The second kappa shape index (κ2) is 6.06. The van der Waals surface area contributed by atoms with Crippen molar-refractivity contribution in [1.29, 1.82) is 0 Å². The van der Waals surface area contributed by atoms with Crippen LogP contribution in [0.1, 0.15) is 25.3 Å². The number of hydrogen-bond acceptors (Lipinski definition) is 5. The van der Waals surface area contributed by atoms with E-state index in [0.717, 1.165) is 6.26 Å². The topological polar surface area (TPSA) is 78.6 Å². The number of benzene rings is 1. The minimum Gasteiger partial charge on any atom is -0.493 e. The summed E-state index contributed by atoms with van der Waals surface area (Å²) < 4.78 is 69.1. The normalized spacial score (nSPS) is 18.7. The summed E-state index contributed by atoms with van der Waals surface area (Å²) in [5.74, 6) is -0.381. The van der Waals surface area contributed by atoms with E-state index >= 15 is 0 Å². The highest BCUT2D eigenvalue weighted by molar-refractivity contribution is 7.90. The van der Waals surface area contributed by atoms with Crippen molar-refractivity contribution >= 4 is 9.84 Å². The van der Waals surface area contributed by atoms with E-state index < -0.39 is 29.3 Å². The van der Waals surface area contributed by atoms with Gasteiger partial charge in [0.05, 0.1) is 22.2 Å². The number of nitrogens with two attached hydrogens (primary N) is 1. The van der Waals surface area contributed by atoms with Crippen LogP contribution in [0.4, 0.5) is 0 Å². The Kier molecular flexibility index (Phi) is 2.95. The lowest BCUT2D eigenvalue weighted by Crippen LogP contribution is -2.20. The van der Waals surface area contributed by atoms with Crippen LogP contribution in [0, 0.1) is 0 Å². The maximum atomic E-state index is 11.3. The average Bonchev–Trinajstić information content (AvgIpc) is 2.34. The molecule has 5 nitrogen and oxygen atoms in total. The second-order valence-electron chi connectivity index (χ2n) is 3.81. The second-order valence-corrected chi connectivity index (χ2v) is 6.00. The van der Waals surface area contributed by atoms with Gasteiger partial charge in [0, 0.05) is 16.4 Å². The van der Waals surface area contributed by atoms with E-state index in [2.05, 4.69) is 0 Å². The van der Waals surface area contributed by atoms with Crippen LogP contribution in [-0.2, 0) is 9.84 Å². The van der Waals surface area contributed by atoms with Gasteiger partial charge in [-0.3, -0.25) is 0 Å². The van der Waals surface area contributed by atoms with E-state index in [0.29, 0.717) is 5.56 Å². The van der Waals surface area contributed by atoms with Crippen LogP contribution in [0.5, 0.6) is 11.5 Å². The molecule has 6 heteroatoms. The molecule has 0 amide bonds. The average molecular weight is 278 g/mol. The van der Waals surface area contributed by atoms with Gasteiger partial charge >= 0.3 is 0 Å². The van der Waals surface area contributed by atoms with Crippen molar-refractivity contribution in [2.75, 3.05) is 25.7 Å². The minimum absolute atomic E-state index is 0.105. The van der Waals surface area contributed by atoms with Gasteiger partial charge in [-0.2, -0.15) is 0 Å². The van der Waals surface area contributed by atoms with E-state index in [1.807, 2.05) is 0 Å². The van der Waals surface area contributed by atoms with Gasteiger partial charge in [-0.1, -0.05) is 6.07 Å². The molecule has 0 radical (unpaired) electrons. The SMILES string of the molecule is [2H]C([2H])([2H])C([2H])([2H])Oc1cc([C@@H](N)CS(C)(=O)=O)ccc1OC. The highest BCUT2D eigenvalue weighted by Crippen LogP contribution is 2.30. The Morgan fingerprint density at radius 3 is 2.78 bits per heavy atom. The van der Waals surface area contributed by atoms with Crippen LogP contribution in [0.15, 0.2) is 18.2 Å². The van der Waals surface area contributed by atoms with Gasteiger partial charge in [-0.15, -0.1) is 0 Å². The Morgan fingerprint density at radius 1 is 1.50 bits per heavy atom. The first-order valence-corrected chi connectivity index (χ1v) is 7.13. The van der Waals surface area contributed by atoms with Crippen molar-refractivity contribution in [3.05, 3.63) is 23.8 Å². The zero-order chi connectivity index (χ0) is 18.1. The standard InChI is InChI=1S/C12H19NO4S/c1-4-17-12-7-9(5-6-11(12)16-2)10(13)8-18(3,14)15/h5-7,10H,4,8,13H2,1-3H3/t10-/m0/s1/i1D3,4D2. The quantitative estimate of drug-likeness (QED) is 0.844. The molecule has 0 aromatic heterocycles. The molecular formula is C12H19NO4S. The molecule has 0 aliphatic heterocycles. The van der Waals surface area contributed by atoms with Crippen molar-refractivity contribution in [1.82, 2.24) is 0 Å². The Morgan fingerprint density at radius 2 is 2.22 bits per heavy atom. The Balaban J connectivity index is 3.19. The van der Waals surface area contributed by atoms with Gasteiger partial charge in [0.15, 0.2) is 11.5 Å². The summed E-state index contributed by atoms with van der Waals surface area (Å²) in [4.78, 5) is 0. The van der Waals surface area contributed by atoms with E-state index in [4.69, 9.17) is 22.1 Å². The third-order valence-corrected chi connectivity index (χ3v) is 3.22. The minimum atomic E-state index is -3.32. The first-order chi connectivity index (χ1) is 10.3. The Bertz CT molecular complexity index is 660. The highest BCUT2D eigenvalue weighted by Gasteiger charge is 2.15. The summed E-state index contributed by atoms with van der Waals surface area (Å²) in [6.45, 7) is -5.96. The molecule has 1 atom stereocenters. The molecule has 0 saturated carbocycles. The number of ether oxygens (including phenoxy) is 2. The fourth-order valence-corrected chi connectivity index (χ4v) is 2.33. The van der Waals surface area contributed by atoms with Gasteiger partial charge < -0.3 is 15.2 Å². The van der Waals surface area contributed by atoms with E-state index in [9.17, 15) is 8.42 Å². The molecular weight excluding hydrogens is 254 g/mol. The van der Waals surface area contributed by atoms with Crippen molar-refractivity contribution in [3.8, 4) is 11.5 Å². The monoisotopic (exact) mass is 278 g/mol. The largest absolute Gasteiger partial charge is 0.493 e. The van der Waals surface area contributed by atoms with Crippen molar-refractivity contribution < 1.29 is 24.7 Å². The van der Waals surface area contributed by atoms with Gasteiger partial charge in [0.2, 0.25) is 0 Å². The van der Waals surface area contributed by atoms with E-state index in [1.165, 1.54) is 25.3 Å². The number of rotatable bonds is 6. The van der Waals surface area contributed by atoms with Crippen LogP contribution in [0.25, 0.3) is 0 Å². The molecule has 1 aromatic carbocycles. The Hall–Kier alpha value is -1.27. The van der Waals surface area contributed by atoms with Crippen LogP contribution in [-0.4, -0.2) is 34.1 Å². The maximum Gasteiger partial charge on any atom is 0.161 e. The maximum absolute atomic E-state index is 11.3. The van der Waals surface area contributed by atoms with Gasteiger partial charge in [0.1, 0.15) is 9.84 Å². The molecule has 0 aliphatic rings. The molecule has 0 fully saturated rings. The summed E-state index contributed by atoms with van der Waals surface area (Å²) in [5, 5.41) is 0. The number of sulfone groups is 1. The lowest BCUT2D eigenvalue weighted by atomic mass is 10.1. The summed E-state index contributed by atoms with van der Waals surface area (Å²) in [6.07, 6.45) is 1.04. The van der Waals surface area contributed by atoms with Crippen LogP contribution in [0.3, 0.4) is 0 Å². The zero-order valence-corrected chi connectivity index (χ0v) is 11.0. The van der Waals surface area contributed by atoms with Gasteiger partial charge in [-0.05, 0) is 24.5 Å². The molecule has 0 spiro atoms. The molecule has 0 unspecified atom stereocenters. The molecule has 0 bridgehead atoms. The molecule has 0 aliphatic carbocycles. The fraction of sp³-hybridized carbons (Fsp3) is 0.500. The summed E-state index contributed by atoms with van der Waals surface area (Å²) in [5.41, 5.74) is 6.16. The predicted molar refractivity (Wildman–Crippen MR) is 70.8 cm³/mol. The summed E-state index contributed by atoms with van der Waals surface area (Å²) >= 11 is 0. The van der Waals surface area contributed by atoms with Crippen LogP contribution >= 0.6 is 0 Å².